The number of anilines is 1. The summed E-state index contributed by atoms with van der Waals surface area (Å²) in [6, 6.07) is 21.3. The van der Waals surface area contributed by atoms with Gasteiger partial charge in [-0.15, -0.1) is 0 Å². The summed E-state index contributed by atoms with van der Waals surface area (Å²) in [5.41, 5.74) is 6.93. The Bertz CT molecular complexity index is 1160. The van der Waals surface area contributed by atoms with Crippen LogP contribution < -0.4 is 10.7 Å². The minimum Gasteiger partial charge on any atom is -0.456 e. The zero-order valence-corrected chi connectivity index (χ0v) is 16.8. The molecule has 3 nitrogen and oxygen atoms in total. The van der Waals surface area contributed by atoms with Crippen LogP contribution in [-0.2, 0) is 6.42 Å². The van der Waals surface area contributed by atoms with E-state index in [4.69, 9.17) is 4.42 Å². The summed E-state index contributed by atoms with van der Waals surface area (Å²) in [6.07, 6.45) is 0.990. The first-order valence-electron chi connectivity index (χ1n) is 10.1. The fraction of sp³-hybridized carbons (Fsp3) is 0.240. The van der Waals surface area contributed by atoms with Gasteiger partial charge in [-0.2, -0.15) is 0 Å². The maximum Gasteiger partial charge on any atom is 0.137 e. The fourth-order valence-corrected chi connectivity index (χ4v) is 3.84. The van der Waals surface area contributed by atoms with Gasteiger partial charge in [-0.05, 0) is 55.7 Å². The van der Waals surface area contributed by atoms with Crippen LogP contribution >= 0.6 is 0 Å². The monoisotopic (exact) mass is 370 g/mol. The molecule has 0 bridgehead atoms. The number of rotatable bonds is 5. The number of hydrogen-bond donors (Lipinski definition) is 1. The summed E-state index contributed by atoms with van der Waals surface area (Å²) >= 11 is 0. The molecule has 4 rings (SSSR count). The Labute approximate surface area is 166 Å². The van der Waals surface area contributed by atoms with Crippen molar-refractivity contribution in [1.82, 2.24) is 0 Å². The Morgan fingerprint density at radius 1 is 0.893 bits per heavy atom. The predicted octanol–water partition coefficient (Wildman–Crippen LogP) is 6.12. The van der Waals surface area contributed by atoms with Crippen molar-refractivity contribution in [2.24, 2.45) is 4.99 Å². The Kier molecular flexibility index (Phi) is 5.16. The fourth-order valence-electron chi connectivity index (χ4n) is 3.84. The SMILES string of the molecule is CCN=c1ccc2c(-c3ccccc3CC)c3ccc(NCC)cc3oc-2c1. The van der Waals surface area contributed by atoms with Crippen LogP contribution in [0.25, 0.3) is 33.4 Å². The normalized spacial score (nSPS) is 12.0. The lowest BCUT2D eigenvalue weighted by Crippen LogP contribution is -2.04. The summed E-state index contributed by atoms with van der Waals surface area (Å²) in [6.45, 7) is 7.99. The maximum absolute atomic E-state index is 6.36. The number of benzene rings is 3. The molecule has 0 radical (unpaired) electrons. The molecule has 0 spiro atoms. The molecule has 2 aliphatic rings. The van der Waals surface area contributed by atoms with Gasteiger partial charge in [-0.25, -0.2) is 0 Å². The third-order valence-corrected chi connectivity index (χ3v) is 5.09. The molecular weight excluding hydrogens is 344 g/mol. The van der Waals surface area contributed by atoms with Gasteiger partial charge in [0.1, 0.15) is 11.3 Å². The molecule has 3 heteroatoms. The van der Waals surface area contributed by atoms with Crippen LogP contribution in [0.3, 0.4) is 0 Å². The predicted molar refractivity (Wildman–Crippen MR) is 118 cm³/mol. The van der Waals surface area contributed by atoms with Gasteiger partial charge in [0.05, 0.1) is 5.36 Å². The van der Waals surface area contributed by atoms with Crippen molar-refractivity contribution in [3.63, 3.8) is 0 Å². The van der Waals surface area contributed by atoms with Crippen molar-refractivity contribution in [3.05, 3.63) is 71.6 Å². The lowest BCUT2D eigenvalue weighted by Gasteiger charge is -2.18. The van der Waals surface area contributed by atoms with Crippen LogP contribution in [0.2, 0.25) is 0 Å². The van der Waals surface area contributed by atoms with Gasteiger partial charge in [0.25, 0.3) is 0 Å². The van der Waals surface area contributed by atoms with Crippen molar-refractivity contribution in [2.45, 2.75) is 27.2 Å². The molecule has 1 aliphatic heterocycles. The largest absolute Gasteiger partial charge is 0.456 e. The molecule has 0 amide bonds. The Morgan fingerprint density at radius 2 is 1.75 bits per heavy atom. The van der Waals surface area contributed by atoms with E-state index in [1.165, 1.54) is 16.7 Å². The molecule has 2 aromatic carbocycles. The molecule has 0 saturated heterocycles. The van der Waals surface area contributed by atoms with E-state index in [-0.39, 0.29) is 0 Å². The molecule has 0 unspecified atom stereocenters. The number of aryl methyl sites for hydroxylation is 1. The number of hydrogen-bond acceptors (Lipinski definition) is 3. The topological polar surface area (TPSA) is 37.5 Å². The van der Waals surface area contributed by atoms with Crippen LogP contribution in [0.15, 0.2) is 70.1 Å². The average molecular weight is 370 g/mol. The van der Waals surface area contributed by atoms with Crippen LogP contribution in [0.4, 0.5) is 5.69 Å². The van der Waals surface area contributed by atoms with Gasteiger partial charge < -0.3 is 9.73 Å². The van der Waals surface area contributed by atoms with E-state index >= 15 is 0 Å². The second-order valence-corrected chi connectivity index (χ2v) is 6.88. The summed E-state index contributed by atoms with van der Waals surface area (Å²) in [5.74, 6) is 0.872. The molecule has 142 valence electrons. The number of fused-ring (bicyclic) bond motifs is 2. The minimum atomic E-state index is 0.759. The summed E-state index contributed by atoms with van der Waals surface area (Å²) in [4.78, 5) is 4.55. The maximum atomic E-state index is 6.36. The van der Waals surface area contributed by atoms with E-state index in [1.54, 1.807) is 0 Å². The first kappa shape index (κ1) is 18.3. The van der Waals surface area contributed by atoms with Gasteiger partial charge >= 0.3 is 0 Å². The second kappa shape index (κ2) is 7.89. The molecular formula is C25H26N2O. The molecule has 1 N–H and O–H groups in total. The highest BCUT2D eigenvalue weighted by molar-refractivity contribution is 6.03. The lowest BCUT2D eigenvalue weighted by atomic mass is 9.90. The zero-order chi connectivity index (χ0) is 19.5. The molecule has 28 heavy (non-hydrogen) atoms. The van der Waals surface area contributed by atoms with Gasteiger partial charge in [0.15, 0.2) is 0 Å². The van der Waals surface area contributed by atoms with E-state index in [1.807, 2.05) is 6.92 Å². The molecule has 0 saturated carbocycles. The van der Waals surface area contributed by atoms with Gasteiger partial charge in [0.2, 0.25) is 0 Å². The number of nitrogens with zero attached hydrogens (tertiary/aromatic N) is 1. The third-order valence-electron chi connectivity index (χ3n) is 5.09. The van der Waals surface area contributed by atoms with E-state index in [0.29, 0.717) is 0 Å². The molecule has 0 atom stereocenters. The Hall–Kier alpha value is -3.07. The van der Waals surface area contributed by atoms with Crippen molar-refractivity contribution in [2.75, 3.05) is 18.4 Å². The van der Waals surface area contributed by atoms with E-state index < -0.39 is 0 Å². The van der Waals surface area contributed by atoms with Gasteiger partial charge in [-0.3, -0.25) is 4.99 Å². The number of nitrogens with one attached hydrogen (secondary N) is 1. The molecule has 0 aromatic heterocycles. The van der Waals surface area contributed by atoms with Crippen LogP contribution in [-0.4, -0.2) is 13.1 Å². The smallest absolute Gasteiger partial charge is 0.137 e. The second-order valence-electron chi connectivity index (χ2n) is 6.88. The highest BCUT2D eigenvalue weighted by Gasteiger charge is 2.18. The summed E-state index contributed by atoms with van der Waals surface area (Å²) < 4.78 is 6.36. The molecule has 2 aromatic rings. The molecule has 1 aliphatic carbocycles. The quantitative estimate of drug-likeness (QED) is 0.430. The molecule has 1 heterocycles. The van der Waals surface area contributed by atoms with Crippen molar-refractivity contribution < 1.29 is 4.42 Å². The van der Waals surface area contributed by atoms with Crippen LogP contribution in [0.1, 0.15) is 26.3 Å². The summed E-state index contributed by atoms with van der Waals surface area (Å²) in [7, 11) is 0. The Morgan fingerprint density at radius 3 is 2.54 bits per heavy atom. The van der Waals surface area contributed by atoms with Gasteiger partial charge in [-0.1, -0.05) is 31.2 Å². The van der Waals surface area contributed by atoms with Crippen molar-refractivity contribution >= 4 is 16.7 Å². The zero-order valence-electron chi connectivity index (χ0n) is 16.8. The van der Waals surface area contributed by atoms with E-state index in [0.717, 1.165) is 52.8 Å². The van der Waals surface area contributed by atoms with E-state index in [2.05, 4.69) is 84.8 Å². The van der Waals surface area contributed by atoms with Gasteiger partial charge in [0, 0.05) is 47.4 Å². The minimum absolute atomic E-state index is 0.759. The molecule has 0 fully saturated rings. The average Bonchev–Trinajstić information content (AvgIpc) is 2.72. The Balaban J connectivity index is 2.11. The highest BCUT2D eigenvalue weighted by atomic mass is 16.3. The van der Waals surface area contributed by atoms with Crippen molar-refractivity contribution in [3.8, 4) is 22.5 Å². The van der Waals surface area contributed by atoms with Crippen LogP contribution in [0, 0.1) is 0 Å². The first-order valence-corrected chi connectivity index (χ1v) is 10.1. The summed E-state index contributed by atoms with van der Waals surface area (Å²) in [5, 5.41) is 5.47. The first-order chi connectivity index (χ1) is 13.7. The van der Waals surface area contributed by atoms with Crippen LogP contribution in [0.5, 0.6) is 0 Å². The highest BCUT2D eigenvalue weighted by Crippen LogP contribution is 2.41. The van der Waals surface area contributed by atoms with E-state index in [9.17, 15) is 0 Å². The lowest BCUT2D eigenvalue weighted by molar-refractivity contribution is 0.619. The van der Waals surface area contributed by atoms with Crippen molar-refractivity contribution in [1.29, 1.82) is 0 Å². The standard InChI is InChI=1S/C25H26N2O/c1-4-17-9-7-8-10-20(17)25-21-13-11-18(26-5-2)15-23(21)28-24-16-19(27-6-3)12-14-22(24)25/h7-16,26H,4-6H2,1-3H3. The third kappa shape index (κ3) is 3.29.